The van der Waals surface area contributed by atoms with Crippen molar-refractivity contribution in [1.29, 1.82) is 0 Å². The molecule has 7 nitrogen and oxygen atoms in total. The molecule has 0 amide bonds. The quantitative estimate of drug-likeness (QED) is 0.106. The van der Waals surface area contributed by atoms with E-state index in [-0.39, 0.29) is 16.0 Å². The van der Waals surface area contributed by atoms with Gasteiger partial charge in [0.1, 0.15) is 12.8 Å². The van der Waals surface area contributed by atoms with E-state index >= 15 is 0 Å². The molecule has 0 bridgehead atoms. The molecule has 0 saturated heterocycles. The highest BCUT2D eigenvalue weighted by molar-refractivity contribution is 6.23. The van der Waals surface area contributed by atoms with E-state index in [0.29, 0.717) is 32.6 Å². The van der Waals surface area contributed by atoms with Crippen molar-refractivity contribution in [3.8, 4) is 0 Å². The molecule has 0 aromatic rings. The number of rotatable bonds is 20. The van der Waals surface area contributed by atoms with E-state index in [1.165, 1.54) is 51.4 Å². The maximum absolute atomic E-state index is 5.54. The van der Waals surface area contributed by atoms with Crippen molar-refractivity contribution in [3.63, 3.8) is 0 Å². The molecule has 1 rings (SSSR count). The largest absolute Gasteiger partial charge is 0.403 e. The van der Waals surface area contributed by atoms with Crippen LogP contribution in [0.3, 0.4) is 0 Å². The summed E-state index contributed by atoms with van der Waals surface area (Å²) in [5.41, 5.74) is 0. The van der Waals surface area contributed by atoms with Gasteiger partial charge in [-0.1, -0.05) is 38.5 Å². The predicted molar refractivity (Wildman–Crippen MR) is 107 cm³/mol. The van der Waals surface area contributed by atoms with Crippen molar-refractivity contribution < 1.29 is 24.0 Å². The average Bonchev–Trinajstić information content (AvgIpc) is 3.14. The first kappa shape index (κ1) is 25.0. The van der Waals surface area contributed by atoms with Gasteiger partial charge < -0.3 is 9.74 Å². The molecule has 2 atom stereocenters. The predicted octanol–water partition coefficient (Wildman–Crippen LogP) is 3.26. The molecular weight excluding hydrogens is 364 g/mol. The normalized spacial score (nSPS) is 19.8. The van der Waals surface area contributed by atoms with Crippen molar-refractivity contribution in [2.45, 2.75) is 89.7 Å². The number of likely N-dealkylation sites (N-methyl/N-ethyl adjacent to an activating group) is 1. The minimum Gasteiger partial charge on any atom is -0.403 e. The molecule has 1 aliphatic rings. The molecule has 8 heteroatoms. The van der Waals surface area contributed by atoms with Crippen LogP contribution in [0.15, 0.2) is 0 Å². The molecule has 0 aliphatic heterocycles. The molecule has 2 unspecified atom stereocenters. The maximum Gasteiger partial charge on any atom is 0.339 e. The lowest BCUT2D eigenvalue weighted by Gasteiger charge is -2.18. The van der Waals surface area contributed by atoms with Crippen molar-refractivity contribution in [1.82, 2.24) is 10.3 Å². The molecule has 1 fully saturated rings. The van der Waals surface area contributed by atoms with Crippen LogP contribution in [0.5, 0.6) is 0 Å². The molecule has 1 aliphatic carbocycles. The van der Waals surface area contributed by atoms with E-state index in [9.17, 15) is 0 Å². The fourth-order valence-electron chi connectivity index (χ4n) is 3.17. The molecular formula is C19H40N2O5Si. The zero-order valence-corrected chi connectivity index (χ0v) is 18.3. The summed E-state index contributed by atoms with van der Waals surface area (Å²) in [5.74, 6) is 0. The Balaban J connectivity index is 1.69. The third-order valence-electron chi connectivity index (χ3n) is 4.72. The van der Waals surface area contributed by atoms with Gasteiger partial charge in [0, 0.05) is 12.6 Å². The number of hydrogen-bond donors (Lipinski definition) is 2. The maximum atomic E-state index is 5.54. The Bertz CT molecular complexity index is 316. The summed E-state index contributed by atoms with van der Waals surface area (Å²) < 4.78 is 5.15. The molecule has 1 saturated carbocycles. The fourth-order valence-corrected chi connectivity index (χ4v) is 3.54. The minimum atomic E-state index is 0.232. The Kier molecular flexibility index (Phi) is 17.8. The molecule has 0 aromatic carbocycles. The number of nitrogens with one attached hydrogen (secondary N) is 2. The third-order valence-corrected chi connectivity index (χ3v) is 5.45. The van der Waals surface area contributed by atoms with Gasteiger partial charge in [0.15, 0.2) is 0 Å². The Hall–Kier alpha value is -0.0631. The van der Waals surface area contributed by atoms with Gasteiger partial charge in [-0.15, -0.1) is 0 Å². The summed E-state index contributed by atoms with van der Waals surface area (Å²) in [4.78, 5) is 24.0. The molecule has 27 heavy (non-hydrogen) atoms. The van der Waals surface area contributed by atoms with Gasteiger partial charge in [0.05, 0.1) is 13.2 Å². The summed E-state index contributed by atoms with van der Waals surface area (Å²) >= 11 is 0. The Labute approximate surface area is 168 Å². The van der Waals surface area contributed by atoms with Crippen molar-refractivity contribution in [2.24, 2.45) is 0 Å². The minimum absolute atomic E-state index is 0.232. The summed E-state index contributed by atoms with van der Waals surface area (Å²) in [5, 5.41) is 3.30. The van der Waals surface area contributed by atoms with Crippen LogP contribution in [0, 0.1) is 0 Å². The van der Waals surface area contributed by atoms with Crippen LogP contribution in [-0.2, 0) is 24.0 Å². The van der Waals surface area contributed by atoms with E-state index in [0.717, 1.165) is 19.3 Å². The summed E-state index contributed by atoms with van der Waals surface area (Å²) in [6, 6.07) is 0.458. The van der Waals surface area contributed by atoms with Gasteiger partial charge in [-0.05, 0) is 46.1 Å². The van der Waals surface area contributed by atoms with Crippen molar-refractivity contribution in [2.75, 3.05) is 33.6 Å². The number of hydrogen-bond acceptors (Lipinski definition) is 7. The first-order valence-electron chi connectivity index (χ1n) is 10.7. The van der Waals surface area contributed by atoms with E-state index in [1.54, 1.807) is 0 Å². The lowest BCUT2D eigenvalue weighted by atomic mass is 10.1. The summed E-state index contributed by atoms with van der Waals surface area (Å²) in [7, 11) is 2.27. The lowest BCUT2D eigenvalue weighted by Crippen LogP contribution is -2.34. The molecule has 0 spiro atoms. The second kappa shape index (κ2) is 19.3. The number of unbranched alkanes of at least 4 members (excludes halogenated alkanes) is 7. The highest BCUT2D eigenvalue weighted by Gasteiger charge is 2.27. The van der Waals surface area contributed by atoms with Gasteiger partial charge >= 0.3 is 9.92 Å². The Morgan fingerprint density at radius 1 is 0.852 bits per heavy atom. The zero-order chi connectivity index (χ0) is 19.4. The highest BCUT2D eigenvalue weighted by atomic mass is 28.2. The van der Waals surface area contributed by atoms with Gasteiger partial charge in [-0.2, -0.15) is 0 Å². The van der Waals surface area contributed by atoms with E-state index in [4.69, 9.17) is 24.0 Å². The van der Waals surface area contributed by atoms with Crippen LogP contribution in [0.25, 0.3) is 0 Å². The zero-order valence-electron chi connectivity index (χ0n) is 17.3. The molecule has 160 valence electrons. The first-order chi connectivity index (χ1) is 13.4. The van der Waals surface area contributed by atoms with Gasteiger partial charge in [-0.3, -0.25) is 4.98 Å². The lowest BCUT2D eigenvalue weighted by molar-refractivity contribution is -0.326. The molecule has 0 heterocycles. The van der Waals surface area contributed by atoms with Crippen LogP contribution in [0.4, 0.5) is 0 Å². The van der Waals surface area contributed by atoms with Crippen LogP contribution in [-0.4, -0.2) is 55.7 Å². The van der Waals surface area contributed by atoms with E-state index in [2.05, 4.69) is 10.3 Å². The monoisotopic (exact) mass is 404 g/mol. The summed E-state index contributed by atoms with van der Waals surface area (Å²) in [6.07, 6.45) is 13.4. The second-order valence-electron chi connectivity index (χ2n) is 6.91. The van der Waals surface area contributed by atoms with Crippen molar-refractivity contribution in [3.05, 3.63) is 0 Å². The summed E-state index contributed by atoms with van der Waals surface area (Å²) in [6.45, 7) is 4.43. The van der Waals surface area contributed by atoms with Crippen LogP contribution < -0.4 is 10.3 Å². The van der Waals surface area contributed by atoms with Gasteiger partial charge in [-0.25, -0.2) is 19.6 Å². The van der Waals surface area contributed by atoms with Crippen LogP contribution in [0.1, 0.15) is 77.6 Å². The molecule has 2 radical (unpaired) electrons. The molecule has 0 aromatic heterocycles. The second-order valence-corrected chi connectivity index (χ2v) is 7.75. The van der Waals surface area contributed by atoms with Gasteiger partial charge in [0.25, 0.3) is 0 Å². The first-order valence-corrected chi connectivity index (χ1v) is 11.6. The average molecular weight is 405 g/mol. The highest BCUT2D eigenvalue weighted by Crippen LogP contribution is 2.22. The SMILES string of the molecule is CCO[Si]NCOOCCCCCCCCCCOOC1CCCC1NC. The van der Waals surface area contributed by atoms with E-state index in [1.807, 2.05) is 14.0 Å². The van der Waals surface area contributed by atoms with Crippen LogP contribution in [0.2, 0.25) is 0 Å². The van der Waals surface area contributed by atoms with Crippen LogP contribution >= 0.6 is 0 Å². The smallest absolute Gasteiger partial charge is 0.339 e. The Morgan fingerprint density at radius 3 is 2.19 bits per heavy atom. The molecule has 2 N–H and O–H groups in total. The fraction of sp³-hybridized carbons (Fsp3) is 1.00. The standard InChI is InChI=1S/C19H40N2O5Si/c1-3-25-27-21-17-24-22-15-10-8-6-4-5-7-9-11-16-23-26-19-14-12-13-18(19)20-2/h18-21H,3-17H2,1-2H3. The topological polar surface area (TPSA) is 70.2 Å². The van der Waals surface area contributed by atoms with Gasteiger partial charge in [0.2, 0.25) is 0 Å². The van der Waals surface area contributed by atoms with Crippen molar-refractivity contribution >= 4 is 9.92 Å². The third kappa shape index (κ3) is 14.6. The van der Waals surface area contributed by atoms with E-state index < -0.39 is 0 Å². The Morgan fingerprint density at radius 2 is 1.52 bits per heavy atom.